The maximum Gasteiger partial charge on any atom is 0.265 e. The largest absolute Gasteiger partial charge is 0.479 e. The zero-order chi connectivity index (χ0) is 10.8. The molecule has 1 atom stereocenters. The van der Waals surface area contributed by atoms with Crippen LogP contribution in [-0.2, 0) is 11.3 Å². The standard InChI is InChI=1S/C10H12N2O3/c1-6-10(13)12-8-4-7(5-11-14)2-3-9(8)15-6/h2-4,6,11,14H,5H2,1H3,(H,12,13). The average molecular weight is 208 g/mol. The van der Waals surface area contributed by atoms with Crippen LogP contribution in [0.15, 0.2) is 18.2 Å². The van der Waals surface area contributed by atoms with Gasteiger partial charge in [-0.1, -0.05) is 6.07 Å². The van der Waals surface area contributed by atoms with Crippen molar-refractivity contribution in [2.24, 2.45) is 0 Å². The molecule has 1 heterocycles. The van der Waals surface area contributed by atoms with Gasteiger partial charge in [0.15, 0.2) is 6.10 Å². The van der Waals surface area contributed by atoms with Gasteiger partial charge in [0.25, 0.3) is 5.91 Å². The molecule has 1 aliphatic heterocycles. The van der Waals surface area contributed by atoms with Crippen molar-refractivity contribution in [1.82, 2.24) is 5.48 Å². The van der Waals surface area contributed by atoms with Gasteiger partial charge >= 0.3 is 0 Å². The smallest absolute Gasteiger partial charge is 0.265 e. The van der Waals surface area contributed by atoms with E-state index in [2.05, 4.69) is 10.8 Å². The van der Waals surface area contributed by atoms with E-state index in [1.807, 2.05) is 6.07 Å². The third-order valence-electron chi connectivity index (χ3n) is 2.26. The number of hydrogen-bond acceptors (Lipinski definition) is 4. The lowest BCUT2D eigenvalue weighted by Crippen LogP contribution is -2.34. The van der Waals surface area contributed by atoms with Crippen molar-refractivity contribution in [3.05, 3.63) is 23.8 Å². The van der Waals surface area contributed by atoms with Crippen molar-refractivity contribution in [2.45, 2.75) is 19.6 Å². The molecule has 80 valence electrons. The second-order valence-corrected chi connectivity index (χ2v) is 3.41. The first-order valence-corrected chi connectivity index (χ1v) is 4.68. The van der Waals surface area contributed by atoms with Crippen LogP contribution in [-0.4, -0.2) is 17.2 Å². The van der Waals surface area contributed by atoms with E-state index in [0.717, 1.165) is 5.56 Å². The Morgan fingerprint density at radius 3 is 3.13 bits per heavy atom. The molecule has 5 heteroatoms. The molecular weight excluding hydrogens is 196 g/mol. The van der Waals surface area contributed by atoms with Gasteiger partial charge in [-0.05, 0) is 24.6 Å². The second kappa shape index (κ2) is 3.88. The van der Waals surface area contributed by atoms with Gasteiger partial charge in [-0.3, -0.25) is 4.79 Å². The van der Waals surface area contributed by atoms with Gasteiger partial charge in [0.2, 0.25) is 0 Å². The number of hydroxylamine groups is 1. The summed E-state index contributed by atoms with van der Waals surface area (Å²) in [5.74, 6) is 0.500. The van der Waals surface area contributed by atoms with Crippen molar-refractivity contribution in [3.63, 3.8) is 0 Å². The van der Waals surface area contributed by atoms with Gasteiger partial charge in [0.1, 0.15) is 5.75 Å². The third-order valence-corrected chi connectivity index (χ3v) is 2.26. The van der Waals surface area contributed by atoms with Crippen molar-refractivity contribution in [3.8, 4) is 5.75 Å². The minimum Gasteiger partial charge on any atom is -0.479 e. The maximum atomic E-state index is 11.3. The molecule has 0 bridgehead atoms. The van der Waals surface area contributed by atoms with Gasteiger partial charge in [0, 0.05) is 6.54 Å². The van der Waals surface area contributed by atoms with Gasteiger partial charge in [0.05, 0.1) is 5.69 Å². The van der Waals surface area contributed by atoms with Gasteiger partial charge in [-0.15, -0.1) is 0 Å². The molecule has 0 saturated heterocycles. The summed E-state index contributed by atoms with van der Waals surface area (Å²) in [5.41, 5.74) is 3.57. The summed E-state index contributed by atoms with van der Waals surface area (Å²) in [4.78, 5) is 11.3. The molecular formula is C10H12N2O3. The number of rotatable bonds is 2. The summed E-state index contributed by atoms with van der Waals surface area (Å²) in [7, 11) is 0. The first-order valence-electron chi connectivity index (χ1n) is 4.68. The Labute approximate surface area is 87.0 Å². The lowest BCUT2D eigenvalue weighted by molar-refractivity contribution is -0.122. The molecule has 1 aliphatic rings. The number of fused-ring (bicyclic) bond motifs is 1. The quantitative estimate of drug-likeness (QED) is 0.631. The zero-order valence-corrected chi connectivity index (χ0v) is 8.28. The second-order valence-electron chi connectivity index (χ2n) is 3.41. The van der Waals surface area contributed by atoms with Gasteiger partial charge < -0.3 is 15.3 Å². The van der Waals surface area contributed by atoms with Crippen molar-refractivity contribution >= 4 is 11.6 Å². The van der Waals surface area contributed by atoms with Crippen molar-refractivity contribution in [1.29, 1.82) is 0 Å². The number of carbonyl (C=O) groups excluding carboxylic acids is 1. The van der Waals surface area contributed by atoms with Gasteiger partial charge in [-0.25, -0.2) is 5.48 Å². The SMILES string of the molecule is CC1Oc2ccc(CNO)cc2NC1=O. The highest BCUT2D eigenvalue weighted by atomic mass is 16.5. The van der Waals surface area contributed by atoms with E-state index >= 15 is 0 Å². The molecule has 15 heavy (non-hydrogen) atoms. The van der Waals surface area contributed by atoms with E-state index in [-0.39, 0.29) is 5.91 Å². The van der Waals surface area contributed by atoms with Crippen LogP contribution >= 0.6 is 0 Å². The van der Waals surface area contributed by atoms with Crippen LogP contribution in [0.2, 0.25) is 0 Å². The Morgan fingerprint density at radius 1 is 1.60 bits per heavy atom. The van der Waals surface area contributed by atoms with Crippen LogP contribution in [0.5, 0.6) is 5.75 Å². The van der Waals surface area contributed by atoms with Crippen LogP contribution in [0, 0.1) is 0 Å². The number of anilines is 1. The Bertz CT molecular complexity index is 392. The lowest BCUT2D eigenvalue weighted by Gasteiger charge is -2.23. The number of amides is 1. The minimum absolute atomic E-state index is 0.156. The predicted molar refractivity (Wildman–Crippen MR) is 53.8 cm³/mol. The molecule has 2 rings (SSSR count). The van der Waals surface area contributed by atoms with Crippen molar-refractivity contribution < 1.29 is 14.7 Å². The summed E-state index contributed by atoms with van der Waals surface area (Å²) in [5, 5.41) is 11.3. The summed E-state index contributed by atoms with van der Waals surface area (Å²) in [6, 6.07) is 5.37. The summed E-state index contributed by atoms with van der Waals surface area (Å²) < 4.78 is 5.38. The fourth-order valence-corrected chi connectivity index (χ4v) is 1.46. The predicted octanol–water partition coefficient (Wildman–Crippen LogP) is 0.885. The van der Waals surface area contributed by atoms with Crippen molar-refractivity contribution in [2.75, 3.05) is 5.32 Å². The van der Waals surface area contributed by atoms with E-state index in [4.69, 9.17) is 9.94 Å². The average Bonchev–Trinajstić information content (AvgIpc) is 2.21. The van der Waals surface area contributed by atoms with Crippen LogP contribution in [0.4, 0.5) is 5.69 Å². The molecule has 0 saturated carbocycles. The Hall–Kier alpha value is -1.59. The Balaban J connectivity index is 2.29. The Kier molecular flexibility index (Phi) is 2.57. The first-order chi connectivity index (χ1) is 7.20. The summed E-state index contributed by atoms with van der Waals surface area (Å²) in [6.07, 6.45) is -0.459. The van der Waals surface area contributed by atoms with E-state index in [9.17, 15) is 4.79 Å². The molecule has 1 amide bonds. The molecule has 1 aromatic carbocycles. The first kappa shape index (κ1) is 9.95. The highest BCUT2D eigenvalue weighted by Crippen LogP contribution is 2.30. The van der Waals surface area contributed by atoms with Crippen LogP contribution in [0.3, 0.4) is 0 Å². The highest BCUT2D eigenvalue weighted by Gasteiger charge is 2.23. The summed E-state index contributed by atoms with van der Waals surface area (Å²) >= 11 is 0. The number of ether oxygens (including phenoxy) is 1. The van der Waals surface area contributed by atoms with Gasteiger partial charge in [-0.2, -0.15) is 0 Å². The van der Waals surface area contributed by atoms with Crippen LogP contribution < -0.4 is 15.5 Å². The highest BCUT2D eigenvalue weighted by molar-refractivity contribution is 5.97. The molecule has 5 nitrogen and oxygen atoms in total. The van der Waals surface area contributed by atoms with Crippen LogP contribution in [0.25, 0.3) is 0 Å². The molecule has 1 unspecified atom stereocenters. The number of benzene rings is 1. The normalized spacial score (nSPS) is 19.1. The number of hydrogen-bond donors (Lipinski definition) is 3. The minimum atomic E-state index is -0.459. The molecule has 1 aromatic rings. The van der Waals surface area contributed by atoms with E-state index in [1.165, 1.54) is 0 Å². The van der Waals surface area contributed by atoms with E-state index < -0.39 is 6.10 Å². The molecule has 3 N–H and O–H groups in total. The fraction of sp³-hybridized carbons (Fsp3) is 0.300. The fourth-order valence-electron chi connectivity index (χ4n) is 1.46. The van der Waals surface area contributed by atoms with E-state index in [1.54, 1.807) is 19.1 Å². The monoisotopic (exact) mass is 208 g/mol. The molecule has 0 aromatic heterocycles. The van der Waals surface area contributed by atoms with E-state index in [0.29, 0.717) is 18.0 Å². The lowest BCUT2D eigenvalue weighted by atomic mass is 10.1. The number of carbonyl (C=O) groups is 1. The zero-order valence-electron chi connectivity index (χ0n) is 8.28. The molecule has 0 aliphatic carbocycles. The molecule has 0 spiro atoms. The molecule has 0 fully saturated rings. The molecule has 0 radical (unpaired) electrons. The maximum absolute atomic E-state index is 11.3. The summed E-state index contributed by atoms with van der Waals surface area (Å²) in [6.45, 7) is 2.03. The topological polar surface area (TPSA) is 70.6 Å². The van der Waals surface area contributed by atoms with Crippen LogP contribution in [0.1, 0.15) is 12.5 Å². The third kappa shape index (κ3) is 1.93. The number of nitrogens with one attached hydrogen (secondary N) is 2. The Morgan fingerprint density at radius 2 is 2.40 bits per heavy atom.